The number of thiocarbonyl (C=S) groups is 1. The lowest BCUT2D eigenvalue weighted by Crippen LogP contribution is -2.41. The largest absolute Gasteiger partial charge is 0.457 e. The van der Waals surface area contributed by atoms with E-state index in [1.165, 1.54) is 12.0 Å². The zero-order chi connectivity index (χ0) is 18.1. The van der Waals surface area contributed by atoms with E-state index in [1.54, 1.807) is 11.0 Å². The minimum Gasteiger partial charge on any atom is -0.457 e. The van der Waals surface area contributed by atoms with E-state index in [9.17, 15) is 4.79 Å². The molecule has 1 saturated heterocycles. The van der Waals surface area contributed by atoms with Crippen molar-refractivity contribution in [2.45, 2.75) is 45.1 Å². The molecule has 1 amide bonds. The number of rotatable bonds is 3. The van der Waals surface area contributed by atoms with Gasteiger partial charge < -0.3 is 9.73 Å². The fraction of sp³-hybridized carbons (Fsp3) is 0.333. The van der Waals surface area contributed by atoms with Crippen LogP contribution >= 0.6 is 12.2 Å². The van der Waals surface area contributed by atoms with Crippen molar-refractivity contribution in [3.63, 3.8) is 0 Å². The van der Waals surface area contributed by atoms with Crippen molar-refractivity contribution in [1.29, 1.82) is 0 Å². The summed E-state index contributed by atoms with van der Waals surface area (Å²) in [4.78, 5) is 14.6. The van der Waals surface area contributed by atoms with Crippen molar-refractivity contribution in [3.8, 4) is 11.3 Å². The van der Waals surface area contributed by atoms with Gasteiger partial charge in [-0.3, -0.25) is 9.69 Å². The molecule has 0 radical (unpaired) electrons. The molecule has 4 nitrogen and oxygen atoms in total. The molecule has 134 valence electrons. The van der Waals surface area contributed by atoms with E-state index in [2.05, 4.69) is 24.4 Å². The Hall–Kier alpha value is -2.40. The third-order valence-electron chi connectivity index (χ3n) is 5.10. The van der Waals surface area contributed by atoms with Gasteiger partial charge >= 0.3 is 0 Å². The van der Waals surface area contributed by atoms with Crippen molar-refractivity contribution < 1.29 is 9.21 Å². The first-order valence-electron chi connectivity index (χ1n) is 9.15. The van der Waals surface area contributed by atoms with E-state index >= 15 is 0 Å². The van der Waals surface area contributed by atoms with Crippen LogP contribution in [0.25, 0.3) is 17.4 Å². The van der Waals surface area contributed by atoms with Gasteiger partial charge in [0.2, 0.25) is 0 Å². The molecule has 2 aliphatic rings. The number of furan rings is 1. The van der Waals surface area contributed by atoms with Crippen LogP contribution in [0.1, 0.15) is 43.4 Å². The fourth-order valence-corrected chi connectivity index (χ4v) is 4.01. The lowest BCUT2D eigenvalue weighted by atomic mass is 9.94. The molecule has 2 fully saturated rings. The molecule has 1 N–H and O–H groups in total. The zero-order valence-corrected chi connectivity index (χ0v) is 15.6. The van der Waals surface area contributed by atoms with Gasteiger partial charge in [0.25, 0.3) is 5.91 Å². The van der Waals surface area contributed by atoms with E-state index in [-0.39, 0.29) is 11.9 Å². The SMILES string of the molecule is Cc1ccc(-c2ccc(C=C3NC(=S)N(C4CCCCC4)C3=O)o2)cc1. The molecule has 2 heterocycles. The number of nitrogens with zero attached hydrogens (tertiary/aromatic N) is 1. The Morgan fingerprint density at radius 1 is 1.12 bits per heavy atom. The summed E-state index contributed by atoms with van der Waals surface area (Å²) in [5.74, 6) is 1.38. The Kier molecular flexibility index (Phi) is 4.64. The number of nitrogens with one attached hydrogen (secondary N) is 1. The Balaban J connectivity index is 1.54. The van der Waals surface area contributed by atoms with E-state index < -0.39 is 0 Å². The molecule has 0 spiro atoms. The van der Waals surface area contributed by atoms with Gasteiger partial charge in [0.1, 0.15) is 17.2 Å². The molecule has 1 aliphatic heterocycles. The van der Waals surface area contributed by atoms with Gasteiger partial charge in [0.05, 0.1) is 0 Å². The maximum atomic E-state index is 12.8. The lowest BCUT2D eigenvalue weighted by Gasteiger charge is -2.29. The normalized spacial score (nSPS) is 20.0. The molecular weight excluding hydrogens is 344 g/mol. The predicted octanol–water partition coefficient (Wildman–Crippen LogP) is 4.65. The molecule has 1 aromatic heterocycles. The molecule has 5 heteroatoms. The topological polar surface area (TPSA) is 45.5 Å². The first kappa shape index (κ1) is 17.0. The van der Waals surface area contributed by atoms with Crippen molar-refractivity contribution in [2.24, 2.45) is 0 Å². The quantitative estimate of drug-likeness (QED) is 0.635. The molecule has 0 atom stereocenters. The van der Waals surface area contributed by atoms with Gasteiger partial charge in [0.15, 0.2) is 5.11 Å². The minimum atomic E-state index is -0.0461. The summed E-state index contributed by atoms with van der Waals surface area (Å²) in [6, 6.07) is 12.2. The summed E-state index contributed by atoms with van der Waals surface area (Å²) in [6.45, 7) is 2.06. The van der Waals surface area contributed by atoms with Crippen LogP contribution in [0.3, 0.4) is 0 Å². The van der Waals surface area contributed by atoms with E-state index in [4.69, 9.17) is 16.6 Å². The zero-order valence-electron chi connectivity index (χ0n) is 14.8. The smallest absolute Gasteiger partial charge is 0.276 e. The average Bonchev–Trinajstić information content (AvgIpc) is 3.21. The Labute approximate surface area is 158 Å². The van der Waals surface area contributed by atoms with Crippen molar-refractivity contribution in [2.75, 3.05) is 0 Å². The summed E-state index contributed by atoms with van der Waals surface area (Å²) in [5, 5.41) is 3.58. The number of carbonyl (C=O) groups is 1. The molecule has 0 bridgehead atoms. The van der Waals surface area contributed by atoms with Crippen LogP contribution in [0.15, 0.2) is 46.5 Å². The van der Waals surface area contributed by atoms with E-state index in [0.29, 0.717) is 16.6 Å². The molecule has 0 unspecified atom stereocenters. The van der Waals surface area contributed by atoms with Gasteiger partial charge in [-0.1, -0.05) is 49.1 Å². The molecule has 2 aromatic rings. The summed E-state index contributed by atoms with van der Waals surface area (Å²) < 4.78 is 5.91. The summed E-state index contributed by atoms with van der Waals surface area (Å²) in [5.41, 5.74) is 2.72. The van der Waals surface area contributed by atoms with Crippen molar-refractivity contribution in [1.82, 2.24) is 10.2 Å². The third kappa shape index (κ3) is 3.31. The van der Waals surface area contributed by atoms with Crippen LogP contribution in [0.2, 0.25) is 0 Å². The lowest BCUT2D eigenvalue weighted by molar-refractivity contribution is -0.124. The van der Waals surface area contributed by atoms with Crippen molar-refractivity contribution >= 4 is 29.3 Å². The highest BCUT2D eigenvalue weighted by Gasteiger charge is 2.36. The Morgan fingerprint density at radius 2 is 1.85 bits per heavy atom. The first-order valence-corrected chi connectivity index (χ1v) is 9.56. The highest BCUT2D eigenvalue weighted by Crippen LogP contribution is 2.28. The van der Waals surface area contributed by atoms with Crippen LogP contribution in [0, 0.1) is 6.92 Å². The highest BCUT2D eigenvalue weighted by atomic mass is 32.1. The predicted molar refractivity (Wildman–Crippen MR) is 106 cm³/mol. The molecule has 1 aromatic carbocycles. The Morgan fingerprint density at radius 3 is 2.58 bits per heavy atom. The monoisotopic (exact) mass is 366 g/mol. The summed E-state index contributed by atoms with van der Waals surface area (Å²) in [7, 11) is 0. The maximum absolute atomic E-state index is 12.8. The second-order valence-corrected chi connectivity index (χ2v) is 7.41. The number of benzene rings is 1. The summed E-state index contributed by atoms with van der Waals surface area (Å²) in [6.07, 6.45) is 7.37. The van der Waals surface area contributed by atoms with Crippen molar-refractivity contribution in [3.05, 3.63) is 53.4 Å². The van der Waals surface area contributed by atoms with Crippen LogP contribution < -0.4 is 5.32 Å². The van der Waals surface area contributed by atoms with Crippen LogP contribution in [-0.4, -0.2) is 22.0 Å². The highest BCUT2D eigenvalue weighted by molar-refractivity contribution is 7.80. The number of aryl methyl sites for hydroxylation is 1. The second-order valence-electron chi connectivity index (χ2n) is 7.02. The van der Waals surface area contributed by atoms with Gasteiger partial charge in [-0.25, -0.2) is 0 Å². The number of carbonyl (C=O) groups excluding carboxylic acids is 1. The van der Waals surface area contributed by atoms with Gasteiger partial charge in [-0.15, -0.1) is 0 Å². The fourth-order valence-electron chi connectivity index (χ4n) is 3.67. The summed E-state index contributed by atoms with van der Waals surface area (Å²) >= 11 is 5.41. The molecular formula is C21H22N2O2S. The van der Waals surface area contributed by atoms with E-state index in [0.717, 1.165) is 37.0 Å². The van der Waals surface area contributed by atoms with Crippen LogP contribution in [0.4, 0.5) is 0 Å². The number of amides is 1. The number of hydrogen-bond donors (Lipinski definition) is 1. The Bertz CT molecular complexity index is 860. The number of hydrogen-bond acceptors (Lipinski definition) is 3. The maximum Gasteiger partial charge on any atom is 0.276 e. The van der Waals surface area contributed by atoms with Crippen LogP contribution in [0.5, 0.6) is 0 Å². The minimum absolute atomic E-state index is 0.0461. The standard InChI is InChI=1S/C21H22N2O2S/c1-14-7-9-15(10-8-14)19-12-11-17(25-19)13-18-20(24)23(21(26)22-18)16-5-3-2-4-6-16/h7-13,16H,2-6H2,1H3,(H,22,26). The van der Waals surface area contributed by atoms with Gasteiger partial charge in [-0.05, 0) is 44.1 Å². The van der Waals surface area contributed by atoms with Gasteiger partial charge in [-0.2, -0.15) is 0 Å². The van der Waals surface area contributed by atoms with Gasteiger partial charge in [0, 0.05) is 17.7 Å². The second kappa shape index (κ2) is 7.08. The molecule has 4 rings (SSSR count). The molecule has 1 aliphatic carbocycles. The van der Waals surface area contributed by atoms with Crippen LogP contribution in [-0.2, 0) is 4.79 Å². The molecule has 26 heavy (non-hydrogen) atoms. The average molecular weight is 366 g/mol. The third-order valence-corrected chi connectivity index (χ3v) is 5.40. The first-order chi connectivity index (χ1) is 12.6. The molecule has 1 saturated carbocycles. The van der Waals surface area contributed by atoms with E-state index in [1.807, 2.05) is 24.3 Å².